The fourth-order valence-corrected chi connectivity index (χ4v) is 4.73. The lowest BCUT2D eigenvalue weighted by Gasteiger charge is -2.37. The molecule has 0 saturated heterocycles. The van der Waals surface area contributed by atoms with Crippen LogP contribution in [0.2, 0.25) is 0 Å². The van der Waals surface area contributed by atoms with Crippen LogP contribution in [-0.4, -0.2) is 19.3 Å². The maximum atomic E-state index is 13.9. The summed E-state index contributed by atoms with van der Waals surface area (Å²) in [4.78, 5) is 0. The van der Waals surface area contributed by atoms with E-state index in [1.807, 2.05) is 0 Å². The molecule has 0 aromatic heterocycles. The van der Waals surface area contributed by atoms with E-state index in [0.717, 1.165) is 31.3 Å². The van der Waals surface area contributed by atoms with E-state index < -0.39 is 11.6 Å². The lowest BCUT2D eigenvalue weighted by molar-refractivity contribution is 0.0127. The zero-order valence-corrected chi connectivity index (χ0v) is 16.1. The monoisotopic (exact) mass is 377 g/mol. The molecule has 0 heterocycles. The first-order valence-corrected chi connectivity index (χ1v) is 10.2. The summed E-state index contributed by atoms with van der Waals surface area (Å²) in [5, 5.41) is 8.74. The van der Waals surface area contributed by atoms with E-state index in [9.17, 15) is 8.78 Å². The highest BCUT2D eigenvalue weighted by atomic mass is 19.2. The number of halogens is 2. The quantitative estimate of drug-likeness (QED) is 0.646. The van der Waals surface area contributed by atoms with Crippen LogP contribution in [-0.2, 0) is 4.74 Å². The second-order valence-corrected chi connectivity index (χ2v) is 7.93. The Labute approximate surface area is 160 Å². The van der Waals surface area contributed by atoms with E-state index in [1.165, 1.54) is 50.7 Å². The molecule has 2 aliphatic carbocycles. The summed E-state index contributed by atoms with van der Waals surface area (Å²) in [6.07, 6.45) is 9.92. The fraction of sp³-hybridized carbons (Fsp3) is 0.682. The highest BCUT2D eigenvalue weighted by Gasteiger charge is 2.31. The van der Waals surface area contributed by atoms with Gasteiger partial charge in [0.1, 0.15) is 6.07 Å². The van der Waals surface area contributed by atoms with Crippen molar-refractivity contribution in [2.24, 2.45) is 17.8 Å². The summed E-state index contributed by atoms with van der Waals surface area (Å²) < 4.78 is 38.9. The number of hydrogen-bond acceptors (Lipinski definition) is 3. The molecule has 0 atom stereocenters. The first-order chi connectivity index (χ1) is 13.1. The number of rotatable bonds is 6. The van der Waals surface area contributed by atoms with Gasteiger partial charge in [-0.2, -0.15) is 9.65 Å². The van der Waals surface area contributed by atoms with Crippen molar-refractivity contribution >= 4 is 0 Å². The molecule has 0 bridgehead atoms. The van der Waals surface area contributed by atoms with Crippen molar-refractivity contribution in [2.75, 3.05) is 13.2 Å². The second kappa shape index (κ2) is 9.50. The molecule has 3 nitrogen and oxygen atoms in total. The summed E-state index contributed by atoms with van der Waals surface area (Å²) in [5.74, 6) is -0.293. The molecule has 1 aromatic rings. The second-order valence-electron chi connectivity index (χ2n) is 7.93. The maximum Gasteiger partial charge on any atom is 0.201 e. The molecule has 2 saturated carbocycles. The Bertz CT molecular complexity index is 657. The van der Waals surface area contributed by atoms with Crippen LogP contribution in [0, 0.1) is 40.7 Å². The molecule has 2 fully saturated rings. The van der Waals surface area contributed by atoms with Gasteiger partial charge in [-0.05, 0) is 88.2 Å². The lowest BCUT2D eigenvalue weighted by atomic mass is 9.71. The van der Waals surface area contributed by atoms with E-state index in [1.54, 1.807) is 6.07 Å². The Balaban J connectivity index is 1.43. The predicted octanol–water partition coefficient (Wildman–Crippen LogP) is 5.62. The molecule has 0 N–H and O–H groups in total. The molecule has 27 heavy (non-hydrogen) atoms. The first kappa shape index (κ1) is 20.1. The van der Waals surface area contributed by atoms with Gasteiger partial charge in [0.2, 0.25) is 5.82 Å². The third-order valence-corrected chi connectivity index (χ3v) is 6.32. The van der Waals surface area contributed by atoms with Crippen LogP contribution in [0.3, 0.4) is 0 Å². The fourth-order valence-electron chi connectivity index (χ4n) is 4.73. The molecule has 5 heteroatoms. The minimum atomic E-state index is -1.12. The van der Waals surface area contributed by atoms with E-state index >= 15 is 0 Å². The number of benzene rings is 1. The summed E-state index contributed by atoms with van der Waals surface area (Å²) in [7, 11) is 0. The molecule has 1 aromatic carbocycles. The molecule has 2 aliphatic rings. The molecule has 0 radical (unpaired) electrons. The van der Waals surface area contributed by atoms with Crippen molar-refractivity contribution in [1.29, 1.82) is 5.26 Å². The van der Waals surface area contributed by atoms with Gasteiger partial charge in [0, 0.05) is 6.61 Å². The van der Waals surface area contributed by atoms with Gasteiger partial charge in [-0.1, -0.05) is 0 Å². The van der Waals surface area contributed by atoms with Crippen molar-refractivity contribution in [3.8, 4) is 11.8 Å². The average molecular weight is 377 g/mol. The van der Waals surface area contributed by atoms with E-state index in [2.05, 4.69) is 6.92 Å². The Kier molecular flexibility index (Phi) is 7.07. The highest BCUT2D eigenvalue weighted by molar-refractivity contribution is 5.37. The van der Waals surface area contributed by atoms with Crippen LogP contribution in [0.25, 0.3) is 0 Å². The zero-order valence-electron chi connectivity index (χ0n) is 16.1. The molecular formula is C22H29F2NO2. The van der Waals surface area contributed by atoms with Crippen LogP contribution in [0.15, 0.2) is 12.1 Å². The standard InChI is InChI=1S/C22H29F2NO2/c1-2-26-19-10-7-17(8-11-19)16-5-3-15(4-6-16)14-27-20-12-9-18(13-25)21(23)22(20)24/h9,12,15-17,19H,2-8,10-11,14H2,1H3/t15-,16-,17-,19-. The molecule has 0 unspecified atom stereocenters. The van der Waals surface area contributed by atoms with Gasteiger partial charge in [0.05, 0.1) is 18.3 Å². The predicted molar refractivity (Wildman–Crippen MR) is 99.4 cm³/mol. The van der Waals surface area contributed by atoms with Gasteiger partial charge in [-0.3, -0.25) is 0 Å². The van der Waals surface area contributed by atoms with Gasteiger partial charge >= 0.3 is 0 Å². The minimum Gasteiger partial charge on any atom is -0.490 e. The van der Waals surface area contributed by atoms with Crippen molar-refractivity contribution in [3.05, 3.63) is 29.3 Å². The Morgan fingerprint density at radius 3 is 2.19 bits per heavy atom. The van der Waals surface area contributed by atoms with Crippen molar-refractivity contribution in [3.63, 3.8) is 0 Å². The van der Waals surface area contributed by atoms with Gasteiger partial charge < -0.3 is 9.47 Å². The summed E-state index contributed by atoms with van der Waals surface area (Å²) in [6.45, 7) is 3.28. The Morgan fingerprint density at radius 1 is 0.963 bits per heavy atom. The van der Waals surface area contributed by atoms with Gasteiger partial charge in [0.25, 0.3) is 0 Å². The normalized spacial score (nSPS) is 28.5. The third-order valence-electron chi connectivity index (χ3n) is 6.32. The van der Waals surface area contributed by atoms with E-state index in [-0.39, 0.29) is 11.3 Å². The number of nitrogens with zero attached hydrogens (tertiary/aromatic N) is 1. The highest BCUT2D eigenvalue weighted by Crippen LogP contribution is 2.40. The Hall–Kier alpha value is -1.67. The summed E-state index contributed by atoms with van der Waals surface area (Å²) >= 11 is 0. The van der Waals surface area contributed by atoms with Gasteiger partial charge in [-0.15, -0.1) is 0 Å². The van der Waals surface area contributed by atoms with Crippen LogP contribution in [0.5, 0.6) is 5.75 Å². The maximum absolute atomic E-state index is 13.9. The zero-order chi connectivity index (χ0) is 19.2. The van der Waals surface area contributed by atoms with Crippen LogP contribution in [0.1, 0.15) is 63.9 Å². The van der Waals surface area contributed by atoms with E-state index in [0.29, 0.717) is 18.6 Å². The van der Waals surface area contributed by atoms with Crippen LogP contribution in [0.4, 0.5) is 8.78 Å². The van der Waals surface area contributed by atoms with Crippen molar-refractivity contribution in [2.45, 2.75) is 64.4 Å². The SMILES string of the molecule is CCO[C@H]1CC[C@H]([C@H]2CC[C@H](COc3ccc(C#N)c(F)c3F)CC2)CC1. The molecule has 148 valence electrons. The topological polar surface area (TPSA) is 42.2 Å². The minimum absolute atomic E-state index is 0.0946. The number of nitriles is 1. The van der Waals surface area contributed by atoms with Crippen molar-refractivity contribution < 1.29 is 18.3 Å². The van der Waals surface area contributed by atoms with Crippen molar-refractivity contribution in [1.82, 2.24) is 0 Å². The smallest absolute Gasteiger partial charge is 0.201 e. The number of ether oxygens (including phenoxy) is 2. The summed E-state index contributed by atoms with van der Waals surface area (Å²) in [6, 6.07) is 4.25. The van der Waals surface area contributed by atoms with Gasteiger partial charge in [-0.25, -0.2) is 4.39 Å². The molecule has 0 spiro atoms. The average Bonchev–Trinajstić information content (AvgIpc) is 2.70. The molecule has 3 rings (SSSR count). The van der Waals surface area contributed by atoms with E-state index in [4.69, 9.17) is 14.7 Å². The number of hydrogen-bond donors (Lipinski definition) is 0. The molecular weight excluding hydrogens is 348 g/mol. The van der Waals surface area contributed by atoms with Crippen LogP contribution >= 0.6 is 0 Å². The lowest BCUT2D eigenvalue weighted by Crippen LogP contribution is -2.29. The first-order valence-electron chi connectivity index (χ1n) is 10.2. The van der Waals surface area contributed by atoms with Gasteiger partial charge in [0.15, 0.2) is 11.6 Å². The molecule has 0 aliphatic heterocycles. The van der Waals surface area contributed by atoms with Crippen LogP contribution < -0.4 is 4.74 Å². The largest absolute Gasteiger partial charge is 0.490 e. The Morgan fingerprint density at radius 2 is 1.59 bits per heavy atom. The summed E-state index contributed by atoms with van der Waals surface area (Å²) in [5.41, 5.74) is -0.292. The molecule has 0 amide bonds. The third kappa shape index (κ3) is 4.99.